The van der Waals surface area contributed by atoms with Gasteiger partial charge in [0.25, 0.3) is 0 Å². The third-order valence-corrected chi connectivity index (χ3v) is 3.32. The van der Waals surface area contributed by atoms with Crippen molar-refractivity contribution in [1.82, 2.24) is 20.2 Å². The minimum absolute atomic E-state index is 0.867. The molecule has 1 fully saturated rings. The monoisotopic (exact) mass is 245 g/mol. The second-order valence-electron chi connectivity index (χ2n) is 4.62. The average Bonchev–Trinajstić information content (AvgIpc) is 2.82. The van der Waals surface area contributed by atoms with Gasteiger partial charge in [0.15, 0.2) is 0 Å². The van der Waals surface area contributed by atoms with E-state index in [0.29, 0.717) is 0 Å². The Hall–Kier alpha value is -1.59. The first-order valence-electron chi connectivity index (χ1n) is 6.53. The molecule has 3 rings (SSSR count). The maximum absolute atomic E-state index is 4.50. The van der Waals surface area contributed by atoms with Crippen LogP contribution in [0.15, 0.2) is 24.3 Å². The van der Waals surface area contributed by atoms with Crippen LogP contribution in [0.25, 0.3) is 11.0 Å². The van der Waals surface area contributed by atoms with Crippen molar-refractivity contribution in [3.8, 4) is 0 Å². The number of anilines is 1. The van der Waals surface area contributed by atoms with Crippen LogP contribution in [0.5, 0.6) is 0 Å². The third-order valence-electron chi connectivity index (χ3n) is 3.32. The molecule has 1 aliphatic rings. The van der Waals surface area contributed by atoms with Crippen LogP contribution >= 0.6 is 0 Å². The molecule has 3 N–H and O–H groups in total. The fourth-order valence-corrected chi connectivity index (χ4v) is 2.30. The van der Waals surface area contributed by atoms with Gasteiger partial charge in [-0.1, -0.05) is 12.1 Å². The average molecular weight is 245 g/mol. The highest BCUT2D eigenvalue weighted by Crippen LogP contribution is 2.12. The maximum Gasteiger partial charge on any atom is 0.201 e. The molecular weight excluding hydrogens is 226 g/mol. The molecule has 1 aliphatic heterocycles. The number of aromatic nitrogens is 2. The molecule has 96 valence electrons. The highest BCUT2D eigenvalue weighted by Gasteiger charge is 2.08. The molecule has 0 amide bonds. The molecular formula is C13H19N5. The number of nitrogens with zero attached hydrogens (tertiary/aromatic N) is 2. The number of imidazole rings is 1. The lowest BCUT2D eigenvalue weighted by atomic mass is 10.3. The Labute approximate surface area is 107 Å². The van der Waals surface area contributed by atoms with Crippen molar-refractivity contribution in [2.75, 3.05) is 44.6 Å². The van der Waals surface area contributed by atoms with E-state index in [0.717, 1.165) is 56.3 Å². The quantitative estimate of drug-likeness (QED) is 0.748. The van der Waals surface area contributed by atoms with Gasteiger partial charge in [-0.05, 0) is 12.1 Å². The molecule has 0 bridgehead atoms. The Morgan fingerprint density at radius 2 is 2.06 bits per heavy atom. The maximum atomic E-state index is 4.50. The first-order valence-corrected chi connectivity index (χ1v) is 6.53. The summed E-state index contributed by atoms with van der Waals surface area (Å²) in [6, 6.07) is 8.09. The molecule has 18 heavy (non-hydrogen) atoms. The van der Waals surface area contributed by atoms with Crippen molar-refractivity contribution in [2.45, 2.75) is 0 Å². The molecule has 0 unspecified atom stereocenters. The fourth-order valence-electron chi connectivity index (χ4n) is 2.30. The van der Waals surface area contributed by atoms with Crippen molar-refractivity contribution in [2.24, 2.45) is 0 Å². The highest BCUT2D eigenvalue weighted by atomic mass is 15.2. The third kappa shape index (κ3) is 2.63. The van der Waals surface area contributed by atoms with E-state index in [1.165, 1.54) is 0 Å². The molecule has 0 aliphatic carbocycles. The molecule has 1 aromatic carbocycles. The zero-order valence-electron chi connectivity index (χ0n) is 10.4. The molecule has 0 atom stereocenters. The predicted octanol–water partition coefficient (Wildman–Crippen LogP) is 0.880. The van der Waals surface area contributed by atoms with Gasteiger partial charge >= 0.3 is 0 Å². The number of para-hydroxylation sites is 2. The second-order valence-corrected chi connectivity index (χ2v) is 4.62. The SMILES string of the molecule is c1ccc2[nH]c(NCCN3CCNCC3)nc2c1. The summed E-state index contributed by atoms with van der Waals surface area (Å²) < 4.78 is 0. The van der Waals surface area contributed by atoms with E-state index in [4.69, 9.17) is 0 Å². The largest absolute Gasteiger partial charge is 0.355 e. The van der Waals surface area contributed by atoms with Gasteiger partial charge in [-0.3, -0.25) is 4.90 Å². The first-order chi connectivity index (χ1) is 8.92. The minimum atomic E-state index is 0.867. The van der Waals surface area contributed by atoms with Crippen LogP contribution in [0, 0.1) is 0 Å². The van der Waals surface area contributed by atoms with Gasteiger partial charge in [0, 0.05) is 39.3 Å². The van der Waals surface area contributed by atoms with E-state index in [-0.39, 0.29) is 0 Å². The van der Waals surface area contributed by atoms with E-state index in [2.05, 4.69) is 25.5 Å². The number of H-pyrrole nitrogens is 1. The Kier molecular flexibility index (Phi) is 3.43. The van der Waals surface area contributed by atoms with Crippen LogP contribution in [-0.4, -0.2) is 54.1 Å². The lowest BCUT2D eigenvalue weighted by Crippen LogP contribution is -2.45. The van der Waals surface area contributed by atoms with Gasteiger partial charge in [-0.2, -0.15) is 0 Å². The summed E-state index contributed by atoms with van der Waals surface area (Å²) in [7, 11) is 0. The van der Waals surface area contributed by atoms with E-state index >= 15 is 0 Å². The van der Waals surface area contributed by atoms with Gasteiger partial charge in [0.05, 0.1) is 11.0 Å². The van der Waals surface area contributed by atoms with Crippen molar-refractivity contribution in [1.29, 1.82) is 0 Å². The summed E-state index contributed by atoms with van der Waals surface area (Å²) in [4.78, 5) is 10.2. The summed E-state index contributed by atoms with van der Waals surface area (Å²) in [5.41, 5.74) is 2.10. The molecule has 2 aromatic rings. The van der Waals surface area contributed by atoms with Crippen LogP contribution < -0.4 is 10.6 Å². The Bertz CT molecular complexity index is 468. The summed E-state index contributed by atoms with van der Waals surface area (Å²) in [5, 5.41) is 6.71. The van der Waals surface area contributed by atoms with Gasteiger partial charge in [-0.15, -0.1) is 0 Å². The normalized spacial score (nSPS) is 17.1. The molecule has 0 radical (unpaired) electrons. The number of piperazine rings is 1. The minimum Gasteiger partial charge on any atom is -0.355 e. The van der Waals surface area contributed by atoms with E-state index in [1.54, 1.807) is 0 Å². The standard InChI is InChI=1S/C13H19N5/c1-2-4-12-11(3-1)16-13(17-12)15-7-10-18-8-5-14-6-9-18/h1-4,14H,5-10H2,(H2,15,16,17). The molecule has 1 aromatic heterocycles. The number of benzene rings is 1. The summed E-state index contributed by atoms with van der Waals surface area (Å²) in [6.45, 7) is 6.48. The van der Waals surface area contributed by atoms with Crippen LogP contribution in [0.4, 0.5) is 5.95 Å². The first kappa shape index (κ1) is 11.5. The Morgan fingerprint density at radius 1 is 1.22 bits per heavy atom. The predicted molar refractivity (Wildman–Crippen MR) is 73.9 cm³/mol. The summed E-state index contributed by atoms with van der Waals surface area (Å²) in [6.07, 6.45) is 0. The fraction of sp³-hybridized carbons (Fsp3) is 0.462. The smallest absolute Gasteiger partial charge is 0.201 e. The number of hydrogen-bond donors (Lipinski definition) is 3. The Balaban J connectivity index is 1.53. The van der Waals surface area contributed by atoms with Gasteiger partial charge in [0.2, 0.25) is 5.95 Å². The van der Waals surface area contributed by atoms with Crippen LogP contribution in [-0.2, 0) is 0 Å². The zero-order valence-corrected chi connectivity index (χ0v) is 10.4. The van der Waals surface area contributed by atoms with Crippen molar-refractivity contribution < 1.29 is 0 Å². The van der Waals surface area contributed by atoms with E-state index in [9.17, 15) is 0 Å². The number of rotatable bonds is 4. The molecule has 2 heterocycles. The topological polar surface area (TPSA) is 56.0 Å². The molecule has 5 heteroatoms. The molecule has 1 saturated heterocycles. The van der Waals surface area contributed by atoms with E-state index in [1.807, 2.05) is 24.3 Å². The van der Waals surface area contributed by atoms with Gasteiger partial charge in [0.1, 0.15) is 0 Å². The van der Waals surface area contributed by atoms with E-state index < -0.39 is 0 Å². The van der Waals surface area contributed by atoms with Crippen molar-refractivity contribution >= 4 is 17.0 Å². The number of fused-ring (bicyclic) bond motifs is 1. The summed E-state index contributed by atoms with van der Waals surface area (Å²) >= 11 is 0. The second kappa shape index (κ2) is 5.37. The van der Waals surface area contributed by atoms with Crippen LogP contribution in [0.1, 0.15) is 0 Å². The van der Waals surface area contributed by atoms with Gasteiger partial charge in [-0.25, -0.2) is 4.98 Å². The lowest BCUT2D eigenvalue weighted by molar-refractivity contribution is 0.249. The molecule has 0 saturated carbocycles. The van der Waals surface area contributed by atoms with Crippen molar-refractivity contribution in [3.63, 3.8) is 0 Å². The zero-order chi connectivity index (χ0) is 12.2. The highest BCUT2D eigenvalue weighted by molar-refractivity contribution is 5.77. The van der Waals surface area contributed by atoms with Gasteiger partial charge < -0.3 is 15.6 Å². The van der Waals surface area contributed by atoms with Crippen LogP contribution in [0.3, 0.4) is 0 Å². The Morgan fingerprint density at radius 3 is 2.89 bits per heavy atom. The number of nitrogens with one attached hydrogen (secondary N) is 3. The number of aromatic amines is 1. The van der Waals surface area contributed by atoms with Crippen LogP contribution in [0.2, 0.25) is 0 Å². The number of hydrogen-bond acceptors (Lipinski definition) is 4. The molecule has 0 spiro atoms. The van der Waals surface area contributed by atoms with Crippen molar-refractivity contribution in [3.05, 3.63) is 24.3 Å². The summed E-state index contributed by atoms with van der Waals surface area (Å²) in [5.74, 6) is 0.867. The molecule has 5 nitrogen and oxygen atoms in total. The lowest BCUT2D eigenvalue weighted by Gasteiger charge is -2.26.